The van der Waals surface area contributed by atoms with Crippen molar-refractivity contribution in [3.05, 3.63) is 65.7 Å². The lowest BCUT2D eigenvalue weighted by Gasteiger charge is -2.38. The maximum Gasteiger partial charge on any atom is 0.229 e. The first kappa shape index (κ1) is 27.7. The highest BCUT2D eigenvalue weighted by Gasteiger charge is 2.47. The Labute approximate surface area is 234 Å². The molecule has 6 nitrogen and oxygen atoms in total. The van der Waals surface area contributed by atoms with Crippen LogP contribution in [0.2, 0.25) is 0 Å². The number of benzene rings is 2. The summed E-state index contributed by atoms with van der Waals surface area (Å²) in [6.07, 6.45) is 9.22. The summed E-state index contributed by atoms with van der Waals surface area (Å²) in [5.41, 5.74) is 2.05. The zero-order chi connectivity index (χ0) is 27.1. The van der Waals surface area contributed by atoms with Gasteiger partial charge < -0.3 is 19.9 Å². The van der Waals surface area contributed by atoms with Crippen molar-refractivity contribution in [3.8, 4) is 5.75 Å². The number of ether oxygens (including phenoxy) is 1. The molecular formula is C33H45N3O3. The summed E-state index contributed by atoms with van der Waals surface area (Å²) in [5, 5.41) is 3.33. The molecule has 3 fully saturated rings. The topological polar surface area (TPSA) is 61.9 Å². The molecule has 0 bridgehead atoms. The van der Waals surface area contributed by atoms with Crippen LogP contribution in [0.4, 0.5) is 0 Å². The first-order valence-electron chi connectivity index (χ1n) is 15.1. The third-order valence-corrected chi connectivity index (χ3v) is 9.14. The Balaban J connectivity index is 1.12. The number of rotatable bonds is 11. The van der Waals surface area contributed by atoms with Crippen LogP contribution in [-0.2, 0) is 16.1 Å². The summed E-state index contributed by atoms with van der Waals surface area (Å²) < 4.78 is 5.70. The van der Waals surface area contributed by atoms with Crippen LogP contribution < -0.4 is 10.1 Å². The average Bonchev–Trinajstić information content (AvgIpc) is 3.58. The van der Waals surface area contributed by atoms with Gasteiger partial charge >= 0.3 is 0 Å². The van der Waals surface area contributed by atoms with E-state index in [1.807, 2.05) is 30.3 Å². The zero-order valence-corrected chi connectivity index (χ0v) is 23.6. The molecular weight excluding hydrogens is 486 g/mol. The lowest BCUT2D eigenvalue weighted by molar-refractivity contribution is -0.138. The van der Waals surface area contributed by atoms with Gasteiger partial charge in [0.05, 0.1) is 17.9 Å². The van der Waals surface area contributed by atoms with Gasteiger partial charge in [-0.1, -0.05) is 62.2 Å². The monoisotopic (exact) mass is 531 g/mol. The molecule has 1 spiro atoms. The summed E-state index contributed by atoms with van der Waals surface area (Å²) in [7, 11) is 0. The smallest absolute Gasteiger partial charge is 0.229 e. The van der Waals surface area contributed by atoms with E-state index in [1.54, 1.807) is 0 Å². The molecule has 2 amide bonds. The predicted molar refractivity (Wildman–Crippen MR) is 155 cm³/mol. The number of carbonyl (C=O) groups is 2. The number of nitrogens with one attached hydrogen (secondary N) is 1. The van der Waals surface area contributed by atoms with E-state index in [1.165, 1.54) is 12.8 Å². The lowest BCUT2D eigenvalue weighted by atomic mass is 9.77. The molecule has 1 unspecified atom stereocenters. The van der Waals surface area contributed by atoms with Gasteiger partial charge in [-0.25, -0.2) is 0 Å². The minimum Gasteiger partial charge on any atom is -0.494 e. The zero-order valence-electron chi connectivity index (χ0n) is 23.6. The van der Waals surface area contributed by atoms with Crippen LogP contribution in [-0.4, -0.2) is 60.4 Å². The standard InChI is InChI=1S/C33H45N3O3/c1-2-24-39-29-14-12-26(13-15-29)25-36-23-19-33(32(36)38)17-21-35(22-18-33)20-16-30(27-8-4-3-5-9-27)31(37)34-28-10-6-7-11-28/h3-5,8-9,12-15,28,30H,2,6-7,10-11,16-25H2,1H3,(H,34,37). The Hall–Kier alpha value is -2.86. The average molecular weight is 532 g/mol. The van der Waals surface area contributed by atoms with Crippen molar-refractivity contribution in [1.82, 2.24) is 15.1 Å². The number of amides is 2. The summed E-state index contributed by atoms with van der Waals surface area (Å²) in [6, 6.07) is 18.8. The number of likely N-dealkylation sites (tertiary alicyclic amines) is 2. The fraction of sp³-hybridized carbons (Fsp3) is 0.576. The van der Waals surface area contributed by atoms with Gasteiger partial charge in [0.2, 0.25) is 11.8 Å². The second kappa shape index (κ2) is 13.0. The van der Waals surface area contributed by atoms with Gasteiger partial charge in [-0.2, -0.15) is 0 Å². The molecule has 2 aliphatic heterocycles. The lowest BCUT2D eigenvalue weighted by Crippen LogP contribution is -2.45. The van der Waals surface area contributed by atoms with Gasteiger partial charge in [-0.15, -0.1) is 0 Å². The number of carbonyl (C=O) groups excluding carboxylic acids is 2. The van der Waals surface area contributed by atoms with Crippen LogP contribution >= 0.6 is 0 Å². The van der Waals surface area contributed by atoms with Crippen LogP contribution in [0.25, 0.3) is 0 Å². The van der Waals surface area contributed by atoms with E-state index in [0.29, 0.717) is 18.5 Å². The number of hydrogen-bond acceptors (Lipinski definition) is 4. The summed E-state index contributed by atoms with van der Waals surface area (Å²) >= 11 is 0. The van der Waals surface area contributed by atoms with Gasteiger partial charge in [0.15, 0.2) is 0 Å². The fourth-order valence-electron chi connectivity index (χ4n) is 6.66. The fourth-order valence-corrected chi connectivity index (χ4v) is 6.66. The predicted octanol–water partition coefficient (Wildman–Crippen LogP) is 5.52. The number of hydrogen-bond donors (Lipinski definition) is 1. The van der Waals surface area contributed by atoms with E-state index >= 15 is 0 Å². The van der Waals surface area contributed by atoms with Crippen molar-refractivity contribution in [2.75, 3.05) is 32.8 Å². The van der Waals surface area contributed by atoms with Crippen LogP contribution in [0.3, 0.4) is 0 Å². The van der Waals surface area contributed by atoms with Crippen molar-refractivity contribution in [2.45, 2.75) is 83.2 Å². The molecule has 2 saturated heterocycles. The van der Waals surface area contributed by atoms with Crippen LogP contribution in [0, 0.1) is 5.41 Å². The minimum atomic E-state index is -0.209. The van der Waals surface area contributed by atoms with Crippen LogP contribution in [0.5, 0.6) is 5.75 Å². The maximum atomic E-state index is 13.5. The Morgan fingerprint density at radius 1 is 1.00 bits per heavy atom. The van der Waals surface area contributed by atoms with Crippen molar-refractivity contribution in [3.63, 3.8) is 0 Å². The highest BCUT2D eigenvalue weighted by atomic mass is 16.5. The van der Waals surface area contributed by atoms with Crippen LogP contribution in [0.1, 0.15) is 81.8 Å². The molecule has 3 aliphatic rings. The molecule has 1 saturated carbocycles. The van der Waals surface area contributed by atoms with E-state index in [0.717, 1.165) is 94.6 Å². The first-order chi connectivity index (χ1) is 19.1. The van der Waals surface area contributed by atoms with Gasteiger partial charge in [-0.3, -0.25) is 9.59 Å². The Morgan fingerprint density at radius 3 is 2.38 bits per heavy atom. The summed E-state index contributed by atoms with van der Waals surface area (Å²) in [6.45, 7) is 7.08. The van der Waals surface area contributed by atoms with Gasteiger partial charge in [0, 0.05) is 19.1 Å². The van der Waals surface area contributed by atoms with Gasteiger partial charge in [0.1, 0.15) is 5.75 Å². The largest absolute Gasteiger partial charge is 0.494 e. The van der Waals surface area contributed by atoms with Crippen molar-refractivity contribution in [1.29, 1.82) is 0 Å². The SMILES string of the molecule is CCCOc1ccc(CN2CCC3(CCN(CCC(C(=O)NC4CCCC4)c4ccccc4)CC3)C2=O)cc1. The molecule has 39 heavy (non-hydrogen) atoms. The molecule has 1 aliphatic carbocycles. The summed E-state index contributed by atoms with van der Waals surface area (Å²) in [4.78, 5) is 31.3. The van der Waals surface area contributed by atoms with Crippen LogP contribution in [0.15, 0.2) is 54.6 Å². The second-order valence-electron chi connectivity index (χ2n) is 11.8. The summed E-state index contributed by atoms with van der Waals surface area (Å²) in [5.74, 6) is 1.27. The van der Waals surface area contributed by atoms with Gasteiger partial charge in [-0.05, 0) is 87.8 Å². The van der Waals surface area contributed by atoms with Crippen molar-refractivity contribution in [2.24, 2.45) is 5.41 Å². The third-order valence-electron chi connectivity index (χ3n) is 9.14. The molecule has 1 atom stereocenters. The van der Waals surface area contributed by atoms with E-state index in [4.69, 9.17) is 4.74 Å². The molecule has 0 radical (unpaired) electrons. The minimum absolute atomic E-state index is 0.120. The molecule has 2 heterocycles. The van der Waals surface area contributed by atoms with Gasteiger partial charge in [0.25, 0.3) is 0 Å². The highest BCUT2D eigenvalue weighted by Crippen LogP contribution is 2.42. The number of piperidine rings is 1. The number of nitrogens with zero attached hydrogens (tertiary/aromatic N) is 2. The quantitative estimate of drug-likeness (QED) is 0.415. The Bertz CT molecular complexity index is 1070. The van der Waals surface area contributed by atoms with Crippen molar-refractivity contribution < 1.29 is 14.3 Å². The van der Waals surface area contributed by atoms with Crippen molar-refractivity contribution >= 4 is 11.8 Å². The first-order valence-corrected chi connectivity index (χ1v) is 15.1. The highest BCUT2D eigenvalue weighted by molar-refractivity contribution is 5.85. The maximum absolute atomic E-state index is 13.5. The Kier molecular flexibility index (Phi) is 9.23. The van der Waals surface area contributed by atoms with E-state index in [-0.39, 0.29) is 17.2 Å². The molecule has 1 N–H and O–H groups in total. The van der Waals surface area contributed by atoms with E-state index < -0.39 is 0 Å². The molecule has 2 aromatic rings. The molecule has 2 aromatic carbocycles. The molecule has 5 rings (SSSR count). The molecule has 0 aromatic heterocycles. The normalized spacial score (nSPS) is 20.4. The Morgan fingerprint density at radius 2 is 1.69 bits per heavy atom. The second-order valence-corrected chi connectivity index (χ2v) is 11.8. The van der Waals surface area contributed by atoms with E-state index in [9.17, 15) is 9.59 Å². The third kappa shape index (κ3) is 6.84. The van der Waals surface area contributed by atoms with E-state index in [2.05, 4.69) is 46.3 Å². The molecule has 210 valence electrons. The molecule has 6 heteroatoms.